The largest absolute Gasteiger partial charge is 0.484 e. The van der Waals surface area contributed by atoms with Gasteiger partial charge in [-0.2, -0.15) is 0 Å². The van der Waals surface area contributed by atoms with Crippen LogP contribution in [0.5, 0.6) is 5.75 Å². The summed E-state index contributed by atoms with van der Waals surface area (Å²) in [6.07, 6.45) is 0.409. The Morgan fingerprint density at radius 3 is 2.39 bits per heavy atom. The number of amides is 1. The molecule has 4 nitrogen and oxygen atoms in total. The van der Waals surface area contributed by atoms with E-state index >= 15 is 0 Å². The number of anilines is 1. The van der Waals surface area contributed by atoms with E-state index in [4.69, 9.17) is 4.74 Å². The number of hydrogen-bond acceptors (Lipinski definition) is 3. The van der Waals surface area contributed by atoms with Gasteiger partial charge >= 0.3 is 0 Å². The fourth-order valence-electron chi connectivity index (χ4n) is 1.87. The average molecular weight is 319 g/mol. The van der Waals surface area contributed by atoms with E-state index in [0.717, 1.165) is 12.1 Å². The Morgan fingerprint density at radius 2 is 1.78 bits per heavy atom. The SMILES string of the molecule is CCC(=O)c1ccc(OCC(=O)Nc2ccc(F)cc2F)cc1. The van der Waals surface area contributed by atoms with Gasteiger partial charge in [0.05, 0.1) is 5.69 Å². The van der Waals surface area contributed by atoms with Crippen molar-refractivity contribution in [2.45, 2.75) is 13.3 Å². The fourth-order valence-corrected chi connectivity index (χ4v) is 1.87. The van der Waals surface area contributed by atoms with Crippen molar-refractivity contribution in [1.29, 1.82) is 0 Å². The molecule has 0 aliphatic rings. The van der Waals surface area contributed by atoms with Crippen molar-refractivity contribution in [1.82, 2.24) is 0 Å². The minimum atomic E-state index is -0.860. The van der Waals surface area contributed by atoms with Crippen LogP contribution in [0.25, 0.3) is 0 Å². The first-order valence-corrected chi connectivity index (χ1v) is 7.00. The van der Waals surface area contributed by atoms with Gasteiger partial charge in [0, 0.05) is 18.1 Å². The molecule has 0 bridgehead atoms. The Kier molecular flexibility index (Phi) is 5.41. The lowest BCUT2D eigenvalue weighted by molar-refractivity contribution is -0.118. The van der Waals surface area contributed by atoms with Crippen molar-refractivity contribution in [3.8, 4) is 5.75 Å². The molecule has 2 aromatic carbocycles. The van der Waals surface area contributed by atoms with E-state index in [1.54, 1.807) is 31.2 Å². The molecule has 0 aromatic heterocycles. The molecular formula is C17H15F2NO3. The van der Waals surface area contributed by atoms with Crippen molar-refractivity contribution in [3.05, 3.63) is 59.7 Å². The molecule has 0 radical (unpaired) electrons. The first-order valence-electron chi connectivity index (χ1n) is 7.00. The van der Waals surface area contributed by atoms with Crippen molar-refractivity contribution in [2.75, 3.05) is 11.9 Å². The Labute approximate surface area is 132 Å². The predicted molar refractivity (Wildman–Crippen MR) is 81.5 cm³/mol. The lowest BCUT2D eigenvalue weighted by atomic mass is 10.1. The van der Waals surface area contributed by atoms with E-state index in [-0.39, 0.29) is 18.1 Å². The van der Waals surface area contributed by atoms with Gasteiger partial charge in [0.15, 0.2) is 12.4 Å². The van der Waals surface area contributed by atoms with Crippen molar-refractivity contribution < 1.29 is 23.1 Å². The number of ether oxygens (including phenoxy) is 1. The number of carbonyl (C=O) groups excluding carboxylic acids is 2. The van der Waals surface area contributed by atoms with Crippen LogP contribution in [0.1, 0.15) is 23.7 Å². The molecule has 120 valence electrons. The summed E-state index contributed by atoms with van der Waals surface area (Å²) < 4.78 is 31.4. The summed E-state index contributed by atoms with van der Waals surface area (Å²) in [5.74, 6) is -1.74. The average Bonchev–Trinajstić information content (AvgIpc) is 2.55. The maximum absolute atomic E-state index is 13.4. The third-order valence-electron chi connectivity index (χ3n) is 3.07. The van der Waals surface area contributed by atoms with Gasteiger partial charge in [0.2, 0.25) is 0 Å². The smallest absolute Gasteiger partial charge is 0.262 e. The van der Waals surface area contributed by atoms with Crippen LogP contribution in [0.4, 0.5) is 14.5 Å². The molecule has 2 aromatic rings. The summed E-state index contributed by atoms with van der Waals surface area (Å²) in [5.41, 5.74) is 0.446. The van der Waals surface area contributed by atoms with Crippen LogP contribution in [0.15, 0.2) is 42.5 Å². The monoisotopic (exact) mass is 319 g/mol. The highest BCUT2D eigenvalue weighted by atomic mass is 19.1. The van der Waals surface area contributed by atoms with Gasteiger partial charge in [-0.3, -0.25) is 9.59 Å². The van der Waals surface area contributed by atoms with Crippen LogP contribution in [-0.4, -0.2) is 18.3 Å². The number of carbonyl (C=O) groups is 2. The van der Waals surface area contributed by atoms with Crippen molar-refractivity contribution in [3.63, 3.8) is 0 Å². The lowest BCUT2D eigenvalue weighted by Gasteiger charge is -2.08. The maximum atomic E-state index is 13.4. The molecule has 0 saturated heterocycles. The highest BCUT2D eigenvalue weighted by Gasteiger charge is 2.09. The molecule has 2 rings (SSSR count). The molecule has 0 unspecified atom stereocenters. The minimum Gasteiger partial charge on any atom is -0.484 e. The first-order chi connectivity index (χ1) is 11.0. The van der Waals surface area contributed by atoms with Gasteiger partial charge in [-0.25, -0.2) is 8.78 Å². The molecule has 1 amide bonds. The number of ketones is 1. The van der Waals surface area contributed by atoms with Crippen LogP contribution >= 0.6 is 0 Å². The molecule has 1 N–H and O–H groups in total. The molecule has 0 atom stereocenters. The predicted octanol–water partition coefficient (Wildman–Crippen LogP) is 3.58. The Morgan fingerprint density at radius 1 is 1.09 bits per heavy atom. The van der Waals surface area contributed by atoms with Crippen LogP contribution in [0.3, 0.4) is 0 Å². The van der Waals surface area contributed by atoms with E-state index < -0.39 is 17.5 Å². The molecule has 0 heterocycles. The standard InChI is InChI=1S/C17H15F2NO3/c1-2-16(21)11-3-6-13(7-4-11)23-10-17(22)20-15-8-5-12(18)9-14(15)19/h3-9H,2,10H2,1H3,(H,20,22). The maximum Gasteiger partial charge on any atom is 0.262 e. The van der Waals surface area contributed by atoms with Gasteiger partial charge in [0.1, 0.15) is 17.4 Å². The van der Waals surface area contributed by atoms with Gasteiger partial charge < -0.3 is 10.1 Å². The third-order valence-corrected chi connectivity index (χ3v) is 3.07. The van der Waals surface area contributed by atoms with Crippen molar-refractivity contribution in [2.24, 2.45) is 0 Å². The molecular weight excluding hydrogens is 304 g/mol. The van der Waals surface area contributed by atoms with Crippen LogP contribution in [-0.2, 0) is 4.79 Å². The first kappa shape index (κ1) is 16.6. The summed E-state index contributed by atoms with van der Waals surface area (Å²) in [6, 6.07) is 9.23. The van der Waals surface area contributed by atoms with E-state index in [9.17, 15) is 18.4 Å². The molecule has 6 heteroatoms. The summed E-state index contributed by atoms with van der Waals surface area (Å²) in [4.78, 5) is 23.2. The highest BCUT2D eigenvalue weighted by molar-refractivity contribution is 5.96. The summed E-state index contributed by atoms with van der Waals surface area (Å²) in [7, 11) is 0. The lowest BCUT2D eigenvalue weighted by Crippen LogP contribution is -2.20. The zero-order chi connectivity index (χ0) is 16.8. The number of halogens is 2. The normalized spacial score (nSPS) is 10.2. The molecule has 0 aliphatic heterocycles. The number of hydrogen-bond donors (Lipinski definition) is 1. The van der Waals surface area contributed by atoms with E-state index in [1.807, 2.05) is 0 Å². The number of nitrogens with one attached hydrogen (secondary N) is 1. The summed E-state index contributed by atoms with van der Waals surface area (Å²) >= 11 is 0. The van der Waals surface area contributed by atoms with Gasteiger partial charge in [-0.05, 0) is 36.4 Å². The van der Waals surface area contributed by atoms with Gasteiger partial charge in [-0.15, -0.1) is 0 Å². The Balaban J connectivity index is 1.90. The Bertz CT molecular complexity index is 714. The minimum absolute atomic E-state index is 0.0149. The molecule has 0 fully saturated rings. The van der Waals surface area contributed by atoms with Crippen LogP contribution in [0.2, 0.25) is 0 Å². The van der Waals surface area contributed by atoms with E-state index in [1.165, 1.54) is 0 Å². The van der Waals surface area contributed by atoms with Crippen LogP contribution in [0, 0.1) is 11.6 Å². The van der Waals surface area contributed by atoms with Crippen molar-refractivity contribution >= 4 is 17.4 Å². The Hall–Kier alpha value is -2.76. The second-order valence-electron chi connectivity index (χ2n) is 4.76. The number of benzene rings is 2. The quantitative estimate of drug-likeness (QED) is 0.828. The second kappa shape index (κ2) is 7.49. The topological polar surface area (TPSA) is 55.4 Å². The van der Waals surface area contributed by atoms with Gasteiger partial charge in [0.25, 0.3) is 5.91 Å². The zero-order valence-corrected chi connectivity index (χ0v) is 12.4. The molecule has 0 saturated carbocycles. The fraction of sp³-hybridized carbons (Fsp3) is 0.176. The van der Waals surface area contributed by atoms with E-state index in [2.05, 4.69) is 5.32 Å². The molecule has 0 aliphatic carbocycles. The van der Waals surface area contributed by atoms with E-state index in [0.29, 0.717) is 23.8 Å². The molecule has 0 spiro atoms. The second-order valence-corrected chi connectivity index (χ2v) is 4.76. The highest BCUT2D eigenvalue weighted by Crippen LogP contribution is 2.16. The summed E-state index contributed by atoms with van der Waals surface area (Å²) in [6.45, 7) is 1.43. The van der Waals surface area contributed by atoms with Crippen LogP contribution < -0.4 is 10.1 Å². The van der Waals surface area contributed by atoms with Gasteiger partial charge in [-0.1, -0.05) is 6.92 Å². The summed E-state index contributed by atoms with van der Waals surface area (Å²) in [5, 5.41) is 2.29. The third kappa shape index (κ3) is 4.60. The zero-order valence-electron chi connectivity index (χ0n) is 12.4. The molecule has 23 heavy (non-hydrogen) atoms. The number of Topliss-reactive ketones (excluding diaryl/α,β-unsaturated/α-hetero) is 1. The number of rotatable bonds is 6.